The van der Waals surface area contributed by atoms with E-state index in [-0.39, 0.29) is 6.42 Å². The van der Waals surface area contributed by atoms with Gasteiger partial charge in [-0.05, 0) is 13.4 Å². The Balaban J connectivity index is 2.82. The second kappa shape index (κ2) is 4.54. The van der Waals surface area contributed by atoms with Crippen LogP contribution in [-0.4, -0.2) is 17.2 Å². The zero-order chi connectivity index (χ0) is 5.70. The number of hydrogen-bond donors (Lipinski definition) is 1. The lowest BCUT2D eigenvalue weighted by atomic mass is 10.5. The van der Waals surface area contributed by atoms with Gasteiger partial charge in [0.2, 0.25) is 0 Å². The van der Waals surface area contributed by atoms with Gasteiger partial charge in [0.25, 0.3) is 0 Å². The average Bonchev–Trinajstić information content (AvgIpc) is 1.61. The molecule has 0 fully saturated rings. The normalized spacial score (nSPS) is 10.4. The van der Waals surface area contributed by atoms with E-state index in [1.165, 1.54) is 0 Å². The first-order valence-corrected chi connectivity index (χ1v) is 5.29. The predicted molar refractivity (Wildman–Crippen MR) is 34.4 cm³/mol. The van der Waals surface area contributed by atoms with Crippen LogP contribution < -0.4 is 0 Å². The van der Waals surface area contributed by atoms with Crippen LogP contribution in [0.1, 0.15) is 6.42 Å². The maximum atomic E-state index is 9.74. The second-order valence-electron chi connectivity index (χ2n) is 1.03. The molecule has 0 heterocycles. The Bertz CT molecular complexity index is 66.0. The van der Waals surface area contributed by atoms with Crippen LogP contribution in [0, 0.1) is 0 Å². The molecule has 0 spiro atoms. The van der Waals surface area contributed by atoms with E-state index in [0.717, 1.165) is 6.16 Å². The molecule has 0 radical (unpaired) electrons. The van der Waals surface area contributed by atoms with E-state index in [9.17, 15) is 4.79 Å². The topological polar surface area (TPSA) is 37.3 Å². The van der Waals surface area contributed by atoms with Gasteiger partial charge in [-0.25, -0.2) is 0 Å². The number of aliphatic carboxylic acids is 1. The fourth-order valence-electron chi connectivity index (χ4n) is 0.154. The van der Waals surface area contributed by atoms with Crippen LogP contribution in [0.25, 0.3) is 0 Å². The Morgan fingerprint density at radius 3 is 2.57 bits per heavy atom. The number of carboxylic acid groups (broad SMARTS) is 1. The van der Waals surface area contributed by atoms with Gasteiger partial charge < -0.3 is 5.11 Å². The van der Waals surface area contributed by atoms with E-state index in [2.05, 4.69) is 15.5 Å². The number of halogens is 1. The molecule has 42 valence electrons. The number of carbonyl (C=O) groups is 1. The molecule has 0 saturated heterocycles. The Labute approximate surface area is 51.8 Å². The Morgan fingerprint density at radius 2 is 2.43 bits per heavy atom. The Kier molecular flexibility index (Phi) is 4.78. The minimum absolute atomic E-state index is 0.281. The summed E-state index contributed by atoms with van der Waals surface area (Å²) in [6.07, 6.45) is 1.03. The van der Waals surface area contributed by atoms with E-state index < -0.39 is 5.97 Å². The fourth-order valence-corrected chi connectivity index (χ4v) is 1.06. The lowest BCUT2D eigenvalue weighted by molar-refractivity contribution is -0.136. The van der Waals surface area contributed by atoms with E-state index in [0.29, 0.717) is 7.28 Å². The first kappa shape index (κ1) is 7.38. The number of hydrogen-bond acceptors (Lipinski definition) is 1. The molecule has 1 unspecified atom stereocenters. The molecule has 0 amide bonds. The average molecular weight is 185 g/mol. The summed E-state index contributed by atoms with van der Waals surface area (Å²) < 4.78 is 0. The molecule has 0 bridgehead atoms. The molecular weight excluding hydrogens is 179 g/mol. The van der Waals surface area contributed by atoms with Crippen molar-refractivity contribution in [3.05, 3.63) is 0 Å². The first-order chi connectivity index (χ1) is 3.27. The maximum Gasteiger partial charge on any atom is 0.303 e. The largest absolute Gasteiger partial charge is 0.481 e. The summed E-state index contributed by atoms with van der Waals surface area (Å²) >= 11 is 3.14. The van der Waals surface area contributed by atoms with Gasteiger partial charge in [0.15, 0.2) is 0 Å². The van der Waals surface area contributed by atoms with Crippen molar-refractivity contribution in [3.63, 3.8) is 0 Å². The summed E-state index contributed by atoms with van der Waals surface area (Å²) in [7, 11) is 0.582. The highest BCUT2D eigenvalue weighted by Crippen LogP contribution is 2.19. The van der Waals surface area contributed by atoms with Crippen molar-refractivity contribution in [2.24, 2.45) is 0 Å². The summed E-state index contributed by atoms with van der Waals surface area (Å²) in [5, 5.41) is 8.03. The van der Waals surface area contributed by atoms with Gasteiger partial charge in [0.1, 0.15) is 0 Å². The molecule has 0 aromatic rings. The monoisotopic (exact) mass is 184 g/mol. The third kappa shape index (κ3) is 6.38. The van der Waals surface area contributed by atoms with Crippen molar-refractivity contribution in [1.82, 2.24) is 0 Å². The zero-order valence-corrected chi connectivity index (χ0v) is 6.23. The molecule has 1 atom stereocenters. The molecule has 0 aliphatic heterocycles. The van der Waals surface area contributed by atoms with Crippen LogP contribution in [-0.2, 0) is 4.79 Å². The van der Waals surface area contributed by atoms with Crippen LogP contribution in [0.2, 0.25) is 0 Å². The molecule has 1 N–H and O–H groups in total. The van der Waals surface area contributed by atoms with Gasteiger partial charge in [-0.1, -0.05) is 15.5 Å². The summed E-state index contributed by atoms with van der Waals surface area (Å²) in [5.41, 5.74) is 0. The molecule has 0 rings (SSSR count). The standard InChI is InChI=1S/C3H6BrO2P/c4-7-2-1-3(5)6/h7H,1-2H2,(H,5,6). The maximum absolute atomic E-state index is 9.74. The minimum atomic E-state index is -0.716. The summed E-state index contributed by atoms with van der Waals surface area (Å²) in [5.74, 6) is -0.716. The van der Waals surface area contributed by atoms with Crippen LogP contribution in [0.15, 0.2) is 0 Å². The Hall–Kier alpha value is 0.380. The van der Waals surface area contributed by atoms with E-state index >= 15 is 0 Å². The van der Waals surface area contributed by atoms with Crippen LogP contribution in [0.5, 0.6) is 0 Å². The molecular formula is C3H6BrO2P. The smallest absolute Gasteiger partial charge is 0.303 e. The molecule has 0 aliphatic rings. The second-order valence-corrected chi connectivity index (χ2v) is 3.48. The highest BCUT2D eigenvalue weighted by molar-refractivity contribution is 9.36. The highest BCUT2D eigenvalue weighted by atomic mass is 79.9. The highest BCUT2D eigenvalue weighted by Gasteiger charge is 1.91. The third-order valence-electron chi connectivity index (χ3n) is 0.433. The van der Waals surface area contributed by atoms with E-state index in [1.807, 2.05) is 0 Å². The lowest BCUT2D eigenvalue weighted by Gasteiger charge is -1.84. The van der Waals surface area contributed by atoms with E-state index in [1.54, 1.807) is 0 Å². The van der Waals surface area contributed by atoms with Crippen molar-refractivity contribution < 1.29 is 9.90 Å². The predicted octanol–water partition coefficient (Wildman–Crippen LogP) is 1.45. The van der Waals surface area contributed by atoms with Crippen molar-refractivity contribution in [2.75, 3.05) is 6.16 Å². The van der Waals surface area contributed by atoms with Gasteiger partial charge in [0.05, 0.1) is 0 Å². The van der Waals surface area contributed by atoms with Gasteiger partial charge in [-0.3, -0.25) is 4.79 Å². The molecule has 7 heavy (non-hydrogen) atoms. The minimum Gasteiger partial charge on any atom is -0.481 e. The SMILES string of the molecule is O=C(O)CCPBr. The third-order valence-corrected chi connectivity index (χ3v) is 2.06. The molecule has 0 saturated carbocycles. The zero-order valence-electron chi connectivity index (χ0n) is 3.65. The van der Waals surface area contributed by atoms with Crippen molar-refractivity contribution in [2.45, 2.75) is 6.42 Å². The first-order valence-electron chi connectivity index (χ1n) is 1.82. The van der Waals surface area contributed by atoms with Crippen molar-refractivity contribution >= 4 is 28.7 Å². The van der Waals surface area contributed by atoms with Crippen LogP contribution >= 0.6 is 22.8 Å². The van der Waals surface area contributed by atoms with Gasteiger partial charge in [-0.15, -0.1) is 0 Å². The summed E-state index contributed by atoms with van der Waals surface area (Å²) in [4.78, 5) is 9.74. The van der Waals surface area contributed by atoms with Gasteiger partial charge in [-0.2, -0.15) is 0 Å². The quantitative estimate of drug-likeness (QED) is 0.675. The number of carboxylic acids is 1. The molecule has 2 nitrogen and oxygen atoms in total. The molecule has 0 aromatic carbocycles. The molecule has 0 aliphatic carbocycles. The lowest BCUT2D eigenvalue weighted by Crippen LogP contribution is -1.93. The van der Waals surface area contributed by atoms with Gasteiger partial charge in [0, 0.05) is 6.42 Å². The molecule has 4 heteroatoms. The summed E-state index contributed by atoms with van der Waals surface area (Å²) in [6.45, 7) is 0. The van der Waals surface area contributed by atoms with Crippen LogP contribution in [0.3, 0.4) is 0 Å². The molecule has 0 aromatic heterocycles. The van der Waals surface area contributed by atoms with Crippen molar-refractivity contribution in [3.8, 4) is 0 Å². The van der Waals surface area contributed by atoms with Crippen LogP contribution in [0.4, 0.5) is 0 Å². The van der Waals surface area contributed by atoms with Crippen molar-refractivity contribution in [1.29, 1.82) is 0 Å². The van der Waals surface area contributed by atoms with Gasteiger partial charge >= 0.3 is 5.97 Å². The Morgan fingerprint density at radius 1 is 1.86 bits per heavy atom. The fraction of sp³-hybridized carbons (Fsp3) is 0.667. The van der Waals surface area contributed by atoms with E-state index in [4.69, 9.17) is 5.11 Å². The number of rotatable bonds is 3. The summed E-state index contributed by atoms with van der Waals surface area (Å²) in [6, 6.07) is 0.